The van der Waals surface area contributed by atoms with Gasteiger partial charge in [0.05, 0.1) is 22.6 Å². The van der Waals surface area contributed by atoms with Gasteiger partial charge in [-0.3, -0.25) is 14.8 Å². The van der Waals surface area contributed by atoms with Crippen LogP contribution >= 0.6 is 0 Å². The van der Waals surface area contributed by atoms with Crippen molar-refractivity contribution in [2.45, 2.75) is 20.8 Å². The van der Waals surface area contributed by atoms with Crippen LogP contribution < -0.4 is 15.5 Å². The van der Waals surface area contributed by atoms with Gasteiger partial charge in [-0.2, -0.15) is 0 Å². The predicted octanol–water partition coefficient (Wildman–Crippen LogP) is 3.41. The SMILES string of the molecule is CC.Cc1cn2cc(NC(=O)c3ccc(N4CCNCC4)c4nccnc34)cc(F)c2n1. The molecule has 0 atom stereocenters. The number of halogens is 1. The molecule has 0 spiro atoms. The fourth-order valence-corrected chi connectivity index (χ4v) is 3.83. The maximum Gasteiger partial charge on any atom is 0.257 e. The highest BCUT2D eigenvalue weighted by atomic mass is 19.1. The Labute approximate surface area is 185 Å². The van der Waals surface area contributed by atoms with Gasteiger partial charge in [-0.05, 0) is 19.1 Å². The Bertz CT molecular complexity index is 1260. The molecule has 166 valence electrons. The van der Waals surface area contributed by atoms with E-state index in [0.717, 1.165) is 31.9 Å². The summed E-state index contributed by atoms with van der Waals surface area (Å²) in [5.41, 5.74) is 3.80. The third-order valence-electron chi connectivity index (χ3n) is 5.19. The van der Waals surface area contributed by atoms with Gasteiger partial charge in [0.25, 0.3) is 5.91 Å². The van der Waals surface area contributed by atoms with Crippen LogP contribution in [0.4, 0.5) is 15.8 Å². The molecule has 0 saturated carbocycles. The highest BCUT2D eigenvalue weighted by Gasteiger charge is 2.19. The molecule has 1 fully saturated rings. The molecule has 8 nitrogen and oxygen atoms in total. The number of carbonyl (C=O) groups is 1. The molecular weight excluding hydrogens is 409 g/mol. The molecule has 2 N–H and O–H groups in total. The third-order valence-corrected chi connectivity index (χ3v) is 5.19. The van der Waals surface area contributed by atoms with Gasteiger partial charge in [-0.15, -0.1) is 0 Å². The zero-order chi connectivity index (χ0) is 22.7. The highest BCUT2D eigenvalue weighted by Crippen LogP contribution is 2.27. The number of amides is 1. The monoisotopic (exact) mass is 435 g/mol. The molecule has 3 aromatic heterocycles. The van der Waals surface area contributed by atoms with E-state index in [2.05, 4.69) is 30.5 Å². The minimum atomic E-state index is -0.500. The third kappa shape index (κ3) is 4.11. The van der Waals surface area contributed by atoms with Gasteiger partial charge in [0, 0.05) is 57.0 Å². The molecule has 0 aliphatic carbocycles. The first-order chi connectivity index (χ1) is 15.6. The Hall–Kier alpha value is -3.59. The average Bonchev–Trinajstić information content (AvgIpc) is 3.21. The van der Waals surface area contributed by atoms with Crippen molar-refractivity contribution in [1.82, 2.24) is 24.7 Å². The number of rotatable bonds is 3. The maximum atomic E-state index is 14.4. The molecule has 9 heteroatoms. The molecule has 1 saturated heterocycles. The largest absolute Gasteiger partial charge is 0.367 e. The van der Waals surface area contributed by atoms with Crippen LogP contribution in [0.1, 0.15) is 29.9 Å². The highest BCUT2D eigenvalue weighted by molar-refractivity contribution is 6.13. The lowest BCUT2D eigenvalue weighted by atomic mass is 10.1. The first kappa shape index (κ1) is 21.6. The Morgan fingerprint density at radius 3 is 2.56 bits per heavy atom. The number of benzene rings is 1. The van der Waals surface area contributed by atoms with Crippen molar-refractivity contribution in [2.24, 2.45) is 0 Å². The minimum Gasteiger partial charge on any atom is -0.367 e. The number of hydrogen-bond donors (Lipinski definition) is 2. The molecule has 5 rings (SSSR count). The van der Waals surface area contributed by atoms with E-state index in [1.807, 2.05) is 19.9 Å². The summed E-state index contributed by atoms with van der Waals surface area (Å²) >= 11 is 0. The lowest BCUT2D eigenvalue weighted by molar-refractivity contribution is 0.102. The number of carbonyl (C=O) groups excluding carboxylic acids is 1. The molecule has 0 bridgehead atoms. The summed E-state index contributed by atoms with van der Waals surface area (Å²) in [6.07, 6.45) is 6.54. The van der Waals surface area contributed by atoms with Crippen LogP contribution in [0.15, 0.2) is 43.0 Å². The fraction of sp³-hybridized carbons (Fsp3) is 0.304. The topological polar surface area (TPSA) is 87.5 Å². The van der Waals surface area contributed by atoms with Crippen LogP contribution in [0.25, 0.3) is 16.7 Å². The summed E-state index contributed by atoms with van der Waals surface area (Å²) in [6.45, 7) is 9.30. The first-order valence-corrected chi connectivity index (χ1v) is 10.8. The number of aryl methyl sites for hydroxylation is 1. The predicted molar refractivity (Wildman–Crippen MR) is 124 cm³/mol. The van der Waals surface area contributed by atoms with E-state index in [1.165, 1.54) is 6.07 Å². The van der Waals surface area contributed by atoms with Crippen LogP contribution in [0, 0.1) is 12.7 Å². The second-order valence-electron chi connectivity index (χ2n) is 7.27. The molecular formula is C23H26FN7O. The number of anilines is 2. The number of imidazole rings is 1. The number of piperazine rings is 1. The van der Waals surface area contributed by atoms with Gasteiger partial charge < -0.3 is 19.9 Å². The lowest BCUT2D eigenvalue weighted by Gasteiger charge is -2.30. The standard InChI is InChI=1S/C21H20FN7O.C2H6/c1-13-11-29-12-14(10-16(22)20(29)26-13)27-21(30)15-2-3-17(28-8-6-23-7-9-28)19-18(15)24-4-5-25-19;1-2/h2-5,10-12,23H,6-9H2,1H3,(H,27,30);1-2H3. The van der Waals surface area contributed by atoms with Crippen molar-refractivity contribution < 1.29 is 9.18 Å². The van der Waals surface area contributed by atoms with E-state index in [0.29, 0.717) is 28.0 Å². The summed E-state index contributed by atoms with van der Waals surface area (Å²) in [5.74, 6) is -0.873. The summed E-state index contributed by atoms with van der Waals surface area (Å²) in [4.78, 5) is 28.3. The van der Waals surface area contributed by atoms with Crippen molar-refractivity contribution in [2.75, 3.05) is 36.4 Å². The normalized spacial score (nSPS) is 13.7. The van der Waals surface area contributed by atoms with Crippen molar-refractivity contribution in [3.8, 4) is 0 Å². The van der Waals surface area contributed by atoms with E-state index >= 15 is 0 Å². The van der Waals surface area contributed by atoms with Crippen LogP contribution in [0.5, 0.6) is 0 Å². The number of hydrogen-bond acceptors (Lipinski definition) is 6. The lowest BCUT2D eigenvalue weighted by Crippen LogP contribution is -2.43. The molecule has 1 aromatic carbocycles. The van der Waals surface area contributed by atoms with Crippen LogP contribution in [0.2, 0.25) is 0 Å². The average molecular weight is 436 g/mol. The van der Waals surface area contributed by atoms with Gasteiger partial charge in [0.15, 0.2) is 11.5 Å². The zero-order valence-electron chi connectivity index (χ0n) is 18.4. The van der Waals surface area contributed by atoms with Gasteiger partial charge >= 0.3 is 0 Å². The van der Waals surface area contributed by atoms with Crippen LogP contribution in [-0.4, -0.2) is 51.4 Å². The minimum absolute atomic E-state index is 0.224. The number of pyridine rings is 1. The molecule has 0 unspecified atom stereocenters. The number of nitrogens with zero attached hydrogens (tertiary/aromatic N) is 5. The molecule has 0 radical (unpaired) electrons. The van der Waals surface area contributed by atoms with Crippen LogP contribution in [-0.2, 0) is 0 Å². The maximum absolute atomic E-state index is 14.4. The molecule has 32 heavy (non-hydrogen) atoms. The molecule has 1 amide bonds. The number of fused-ring (bicyclic) bond motifs is 2. The fourth-order valence-electron chi connectivity index (χ4n) is 3.83. The summed E-state index contributed by atoms with van der Waals surface area (Å²) < 4.78 is 15.9. The first-order valence-electron chi connectivity index (χ1n) is 10.8. The molecule has 4 aromatic rings. The Kier molecular flexibility index (Phi) is 6.27. The van der Waals surface area contributed by atoms with Crippen molar-refractivity contribution in [3.05, 3.63) is 60.1 Å². The van der Waals surface area contributed by atoms with Gasteiger partial charge in [0.2, 0.25) is 0 Å². The van der Waals surface area contributed by atoms with E-state index in [-0.39, 0.29) is 11.6 Å². The van der Waals surface area contributed by atoms with Crippen molar-refractivity contribution >= 4 is 34.0 Å². The second kappa shape index (κ2) is 9.27. The van der Waals surface area contributed by atoms with E-state index in [1.54, 1.807) is 42.2 Å². The molecule has 4 heterocycles. The zero-order valence-corrected chi connectivity index (χ0v) is 18.4. The quantitative estimate of drug-likeness (QED) is 0.513. The van der Waals surface area contributed by atoms with Crippen molar-refractivity contribution in [3.63, 3.8) is 0 Å². The number of nitrogens with one attached hydrogen (secondary N) is 2. The molecule has 1 aliphatic rings. The van der Waals surface area contributed by atoms with E-state index < -0.39 is 5.82 Å². The summed E-state index contributed by atoms with van der Waals surface area (Å²) in [6, 6.07) is 4.92. The summed E-state index contributed by atoms with van der Waals surface area (Å²) in [5, 5.41) is 6.10. The van der Waals surface area contributed by atoms with Crippen molar-refractivity contribution in [1.29, 1.82) is 0 Å². The molecule has 1 aliphatic heterocycles. The smallest absolute Gasteiger partial charge is 0.257 e. The number of aromatic nitrogens is 4. The van der Waals surface area contributed by atoms with E-state index in [4.69, 9.17) is 0 Å². The Morgan fingerprint density at radius 1 is 1.09 bits per heavy atom. The second-order valence-corrected chi connectivity index (χ2v) is 7.27. The van der Waals surface area contributed by atoms with Gasteiger partial charge in [-0.1, -0.05) is 13.8 Å². The summed E-state index contributed by atoms with van der Waals surface area (Å²) in [7, 11) is 0. The van der Waals surface area contributed by atoms with E-state index in [9.17, 15) is 9.18 Å². The Morgan fingerprint density at radius 2 is 1.81 bits per heavy atom. The Balaban J connectivity index is 0.00000119. The van der Waals surface area contributed by atoms with Gasteiger partial charge in [0.1, 0.15) is 11.0 Å². The van der Waals surface area contributed by atoms with Gasteiger partial charge in [-0.25, -0.2) is 9.37 Å². The van der Waals surface area contributed by atoms with Crippen LogP contribution in [0.3, 0.4) is 0 Å².